The molecule has 1 saturated heterocycles. The Morgan fingerprint density at radius 1 is 1.00 bits per heavy atom. The van der Waals surface area contributed by atoms with Gasteiger partial charge in [-0.15, -0.1) is 10.2 Å². The van der Waals surface area contributed by atoms with Crippen LogP contribution in [0.3, 0.4) is 0 Å². The van der Waals surface area contributed by atoms with Crippen molar-refractivity contribution in [2.24, 2.45) is 0 Å². The van der Waals surface area contributed by atoms with Crippen LogP contribution in [0.25, 0.3) is 17.1 Å². The molecule has 32 heavy (non-hydrogen) atoms. The normalized spacial score (nSPS) is 13.6. The van der Waals surface area contributed by atoms with E-state index in [1.54, 1.807) is 7.11 Å². The van der Waals surface area contributed by atoms with Gasteiger partial charge in [0, 0.05) is 18.7 Å². The maximum absolute atomic E-state index is 5.48. The van der Waals surface area contributed by atoms with Crippen molar-refractivity contribution in [3.05, 3.63) is 60.0 Å². The molecule has 0 spiro atoms. The molecule has 164 valence electrons. The minimum atomic E-state index is 0.507. The Kier molecular flexibility index (Phi) is 5.81. The van der Waals surface area contributed by atoms with Crippen LogP contribution in [-0.4, -0.2) is 45.1 Å². The van der Waals surface area contributed by atoms with E-state index in [0.717, 1.165) is 41.2 Å². The highest BCUT2D eigenvalue weighted by atomic mass is 32.2. The number of thioether (sulfide) groups is 1. The smallest absolute Gasteiger partial charge is 0.237 e. The second-order valence-electron chi connectivity index (χ2n) is 7.68. The van der Waals surface area contributed by atoms with Crippen LogP contribution in [0.15, 0.2) is 58.2 Å². The zero-order valence-electron chi connectivity index (χ0n) is 18.1. The summed E-state index contributed by atoms with van der Waals surface area (Å²) in [6.07, 6.45) is 2.36. The molecule has 8 nitrogen and oxygen atoms in total. The third-order valence-corrected chi connectivity index (χ3v) is 6.35. The Bertz CT molecular complexity index is 1180. The molecule has 0 saturated carbocycles. The predicted molar refractivity (Wildman–Crippen MR) is 123 cm³/mol. The summed E-state index contributed by atoms with van der Waals surface area (Å²) in [4.78, 5) is 6.84. The number of nitrogens with zero attached hydrogens (tertiary/aromatic N) is 6. The molecule has 1 aliphatic rings. The molecule has 1 fully saturated rings. The predicted octanol–water partition coefficient (Wildman–Crippen LogP) is 4.53. The highest BCUT2D eigenvalue weighted by Gasteiger charge is 2.23. The average molecular weight is 449 g/mol. The lowest BCUT2D eigenvalue weighted by atomic mass is 10.2. The van der Waals surface area contributed by atoms with Gasteiger partial charge < -0.3 is 14.2 Å². The fourth-order valence-corrected chi connectivity index (χ4v) is 4.48. The van der Waals surface area contributed by atoms with Crippen molar-refractivity contribution < 1.29 is 9.26 Å². The summed E-state index contributed by atoms with van der Waals surface area (Å²) in [7, 11) is 1.64. The van der Waals surface area contributed by atoms with E-state index in [-0.39, 0.29) is 0 Å². The second-order valence-corrected chi connectivity index (χ2v) is 8.62. The summed E-state index contributed by atoms with van der Waals surface area (Å²) in [5.74, 6) is 3.28. The zero-order chi connectivity index (χ0) is 21.9. The van der Waals surface area contributed by atoms with Crippen LogP contribution in [0.4, 0.5) is 5.95 Å². The van der Waals surface area contributed by atoms with Gasteiger partial charge in [0.25, 0.3) is 0 Å². The van der Waals surface area contributed by atoms with Gasteiger partial charge in [-0.2, -0.15) is 4.98 Å². The van der Waals surface area contributed by atoms with Crippen molar-refractivity contribution >= 4 is 17.7 Å². The molecule has 0 amide bonds. The number of anilines is 1. The molecule has 1 aliphatic heterocycles. The lowest BCUT2D eigenvalue weighted by Crippen LogP contribution is -2.22. The third kappa shape index (κ3) is 4.20. The Balaban J connectivity index is 1.37. The fourth-order valence-electron chi connectivity index (χ4n) is 3.69. The van der Waals surface area contributed by atoms with E-state index in [1.807, 2.05) is 24.3 Å². The number of aryl methyl sites for hydroxylation is 1. The molecule has 4 aromatic rings. The van der Waals surface area contributed by atoms with Crippen LogP contribution >= 0.6 is 11.8 Å². The zero-order valence-corrected chi connectivity index (χ0v) is 18.9. The first-order chi connectivity index (χ1) is 15.7. The second kappa shape index (κ2) is 9.04. The Labute approximate surface area is 190 Å². The molecule has 0 N–H and O–H groups in total. The van der Waals surface area contributed by atoms with Crippen molar-refractivity contribution in [2.75, 3.05) is 25.1 Å². The summed E-state index contributed by atoms with van der Waals surface area (Å²) in [6.45, 7) is 4.09. The first kappa shape index (κ1) is 20.6. The van der Waals surface area contributed by atoms with Gasteiger partial charge in [-0.25, -0.2) is 0 Å². The maximum atomic E-state index is 5.48. The van der Waals surface area contributed by atoms with E-state index in [9.17, 15) is 0 Å². The highest BCUT2D eigenvalue weighted by Crippen LogP contribution is 2.30. The van der Waals surface area contributed by atoms with E-state index in [1.165, 1.54) is 30.2 Å². The maximum Gasteiger partial charge on any atom is 0.237 e. The molecule has 2 aromatic carbocycles. The van der Waals surface area contributed by atoms with Gasteiger partial charge in [-0.1, -0.05) is 34.6 Å². The average Bonchev–Trinajstić information content (AvgIpc) is 3.59. The van der Waals surface area contributed by atoms with Crippen molar-refractivity contribution in [3.8, 4) is 22.8 Å². The Morgan fingerprint density at radius 3 is 2.47 bits per heavy atom. The van der Waals surface area contributed by atoms with Gasteiger partial charge in [0.1, 0.15) is 5.75 Å². The van der Waals surface area contributed by atoms with Gasteiger partial charge in [0.15, 0.2) is 5.16 Å². The van der Waals surface area contributed by atoms with E-state index in [2.05, 4.69) is 61.0 Å². The van der Waals surface area contributed by atoms with Crippen LogP contribution in [-0.2, 0) is 5.75 Å². The lowest BCUT2D eigenvalue weighted by molar-refractivity contribution is 0.391. The first-order valence-corrected chi connectivity index (χ1v) is 11.6. The lowest BCUT2D eigenvalue weighted by Gasteiger charge is -2.18. The summed E-state index contributed by atoms with van der Waals surface area (Å²) < 4.78 is 12.8. The van der Waals surface area contributed by atoms with Crippen LogP contribution in [0, 0.1) is 6.92 Å². The number of benzene rings is 2. The number of hydrogen-bond donors (Lipinski definition) is 0. The number of methoxy groups -OCH3 is 1. The number of hydrogen-bond acceptors (Lipinski definition) is 8. The van der Waals surface area contributed by atoms with Crippen molar-refractivity contribution in [3.63, 3.8) is 0 Å². The molecule has 0 unspecified atom stereocenters. The standard InChI is InChI=1S/C23H24N6O2S/c1-16-5-9-18(10-6-16)29-22(28-13-3-4-14-28)25-26-23(29)32-15-20-24-21(27-31-20)17-7-11-19(30-2)12-8-17/h5-12H,3-4,13-15H2,1-2H3. The molecule has 2 aromatic heterocycles. The van der Waals surface area contributed by atoms with E-state index >= 15 is 0 Å². The van der Waals surface area contributed by atoms with Gasteiger partial charge >= 0.3 is 0 Å². The Hall–Kier alpha value is -3.33. The van der Waals surface area contributed by atoms with Crippen LogP contribution < -0.4 is 9.64 Å². The largest absolute Gasteiger partial charge is 0.497 e. The molecule has 0 atom stereocenters. The molecular formula is C23H24N6O2S. The number of rotatable bonds is 7. The van der Waals surface area contributed by atoms with Crippen molar-refractivity contribution in [2.45, 2.75) is 30.7 Å². The summed E-state index contributed by atoms with van der Waals surface area (Å²) >= 11 is 1.54. The van der Waals surface area contributed by atoms with Gasteiger partial charge in [-0.3, -0.25) is 4.57 Å². The van der Waals surface area contributed by atoms with Gasteiger partial charge in [0.2, 0.25) is 17.7 Å². The highest BCUT2D eigenvalue weighted by molar-refractivity contribution is 7.98. The third-order valence-electron chi connectivity index (χ3n) is 5.44. The van der Waals surface area contributed by atoms with Gasteiger partial charge in [0.05, 0.1) is 18.6 Å². The summed E-state index contributed by atoms with van der Waals surface area (Å²) in [5, 5.41) is 13.9. The van der Waals surface area contributed by atoms with Gasteiger partial charge in [-0.05, 0) is 56.2 Å². The number of ether oxygens (including phenoxy) is 1. The first-order valence-electron chi connectivity index (χ1n) is 10.6. The molecule has 9 heteroatoms. The molecular weight excluding hydrogens is 424 g/mol. The van der Waals surface area contributed by atoms with Crippen LogP contribution in [0.2, 0.25) is 0 Å². The monoisotopic (exact) mass is 448 g/mol. The molecule has 0 aliphatic carbocycles. The number of aromatic nitrogens is 5. The Morgan fingerprint density at radius 2 is 1.75 bits per heavy atom. The minimum Gasteiger partial charge on any atom is -0.497 e. The van der Waals surface area contributed by atoms with Crippen LogP contribution in [0.5, 0.6) is 5.75 Å². The van der Waals surface area contributed by atoms with E-state index in [0.29, 0.717) is 17.5 Å². The SMILES string of the molecule is COc1ccc(-c2noc(CSc3nnc(N4CCCC4)n3-c3ccc(C)cc3)n2)cc1. The topological polar surface area (TPSA) is 82.1 Å². The van der Waals surface area contributed by atoms with E-state index < -0.39 is 0 Å². The fraction of sp³-hybridized carbons (Fsp3) is 0.304. The van der Waals surface area contributed by atoms with E-state index in [4.69, 9.17) is 9.26 Å². The molecule has 0 radical (unpaired) electrons. The quantitative estimate of drug-likeness (QED) is 0.382. The molecule has 5 rings (SSSR count). The van der Waals surface area contributed by atoms with Crippen molar-refractivity contribution in [1.29, 1.82) is 0 Å². The molecule has 3 heterocycles. The van der Waals surface area contributed by atoms with Crippen molar-refractivity contribution in [1.82, 2.24) is 24.9 Å². The van der Waals surface area contributed by atoms with Crippen LogP contribution in [0.1, 0.15) is 24.3 Å². The minimum absolute atomic E-state index is 0.507. The molecule has 0 bridgehead atoms. The summed E-state index contributed by atoms with van der Waals surface area (Å²) in [5.41, 5.74) is 3.15. The summed E-state index contributed by atoms with van der Waals surface area (Å²) in [6, 6.07) is 16.0.